The molecule has 84 valence electrons. The van der Waals surface area contributed by atoms with Crippen molar-refractivity contribution in [3.05, 3.63) is 40.9 Å². The zero-order valence-electron chi connectivity index (χ0n) is 8.74. The topological polar surface area (TPSA) is 29.9 Å². The predicted octanol–water partition coefficient (Wildman–Crippen LogP) is 3.21. The van der Waals surface area contributed by atoms with Crippen molar-refractivity contribution in [3.63, 3.8) is 0 Å². The predicted molar refractivity (Wildman–Crippen MR) is 65.4 cm³/mol. The van der Waals surface area contributed by atoms with Crippen molar-refractivity contribution in [2.45, 2.75) is 6.92 Å². The minimum atomic E-state index is -0.269. The lowest BCUT2D eigenvalue weighted by atomic mass is 10.3. The SMILES string of the molecule is CCNc1nccn1-c1cc(F)ccc1Br. The van der Waals surface area contributed by atoms with Crippen molar-refractivity contribution in [1.29, 1.82) is 0 Å². The van der Waals surface area contributed by atoms with Crippen LogP contribution in [0.2, 0.25) is 0 Å². The first-order valence-corrected chi connectivity index (χ1v) is 5.74. The third-order valence-corrected chi connectivity index (χ3v) is 2.81. The minimum Gasteiger partial charge on any atom is -0.356 e. The van der Waals surface area contributed by atoms with Gasteiger partial charge >= 0.3 is 0 Å². The highest BCUT2D eigenvalue weighted by Gasteiger charge is 2.08. The van der Waals surface area contributed by atoms with Gasteiger partial charge in [-0.15, -0.1) is 0 Å². The summed E-state index contributed by atoms with van der Waals surface area (Å²) in [5.41, 5.74) is 0.730. The van der Waals surface area contributed by atoms with Crippen LogP contribution >= 0.6 is 15.9 Å². The fourth-order valence-electron chi connectivity index (χ4n) is 1.46. The molecule has 0 amide bonds. The van der Waals surface area contributed by atoms with Gasteiger partial charge in [0.15, 0.2) is 0 Å². The molecule has 5 heteroatoms. The molecule has 0 radical (unpaired) electrons. The number of aromatic nitrogens is 2. The Morgan fingerprint density at radius 1 is 1.50 bits per heavy atom. The standard InChI is InChI=1S/C11H11BrFN3/c1-2-14-11-15-5-6-16(11)10-7-8(13)3-4-9(10)12/h3-7H,2H2,1H3,(H,14,15). The Labute approximate surface area is 101 Å². The Bertz CT molecular complexity index is 496. The molecule has 0 aliphatic carbocycles. The fraction of sp³-hybridized carbons (Fsp3) is 0.182. The van der Waals surface area contributed by atoms with Crippen LogP contribution in [0.5, 0.6) is 0 Å². The van der Waals surface area contributed by atoms with Gasteiger partial charge < -0.3 is 5.32 Å². The molecule has 1 aromatic carbocycles. The molecule has 1 heterocycles. The van der Waals surface area contributed by atoms with Gasteiger partial charge in [-0.2, -0.15) is 0 Å². The van der Waals surface area contributed by atoms with Crippen LogP contribution in [0.1, 0.15) is 6.92 Å². The van der Waals surface area contributed by atoms with Crippen molar-refractivity contribution in [3.8, 4) is 5.69 Å². The summed E-state index contributed by atoms with van der Waals surface area (Å²) in [6, 6.07) is 4.56. The quantitative estimate of drug-likeness (QED) is 0.938. The zero-order chi connectivity index (χ0) is 11.5. The number of imidazole rings is 1. The van der Waals surface area contributed by atoms with E-state index < -0.39 is 0 Å². The van der Waals surface area contributed by atoms with E-state index in [9.17, 15) is 4.39 Å². The molecule has 0 aliphatic heterocycles. The first kappa shape index (κ1) is 11.1. The molecular weight excluding hydrogens is 273 g/mol. The highest BCUT2D eigenvalue weighted by Crippen LogP contribution is 2.24. The monoisotopic (exact) mass is 283 g/mol. The summed E-state index contributed by atoms with van der Waals surface area (Å²) < 4.78 is 15.8. The molecule has 1 N–H and O–H groups in total. The molecule has 1 aromatic heterocycles. The van der Waals surface area contributed by atoms with Gasteiger partial charge in [0.2, 0.25) is 5.95 Å². The van der Waals surface area contributed by atoms with Crippen molar-refractivity contribution >= 4 is 21.9 Å². The molecular formula is C11H11BrFN3. The molecule has 0 aliphatic rings. The van der Waals surface area contributed by atoms with Crippen LogP contribution in [0.4, 0.5) is 10.3 Å². The van der Waals surface area contributed by atoms with Gasteiger partial charge in [-0.3, -0.25) is 4.57 Å². The molecule has 16 heavy (non-hydrogen) atoms. The van der Waals surface area contributed by atoms with Crippen molar-refractivity contribution in [2.24, 2.45) is 0 Å². The van der Waals surface area contributed by atoms with E-state index in [2.05, 4.69) is 26.2 Å². The number of nitrogens with one attached hydrogen (secondary N) is 1. The molecule has 2 aromatic rings. The number of anilines is 1. The van der Waals surface area contributed by atoms with Gasteiger partial charge in [-0.1, -0.05) is 0 Å². The molecule has 0 bridgehead atoms. The van der Waals surface area contributed by atoms with Gasteiger partial charge in [-0.25, -0.2) is 9.37 Å². The number of benzene rings is 1. The summed E-state index contributed by atoms with van der Waals surface area (Å²) in [6.07, 6.45) is 3.47. The number of hydrogen-bond acceptors (Lipinski definition) is 2. The minimum absolute atomic E-state index is 0.269. The molecule has 0 spiro atoms. The van der Waals surface area contributed by atoms with E-state index >= 15 is 0 Å². The maximum atomic E-state index is 13.2. The Kier molecular flexibility index (Phi) is 3.24. The first-order valence-electron chi connectivity index (χ1n) is 4.95. The second kappa shape index (κ2) is 4.65. The summed E-state index contributed by atoms with van der Waals surface area (Å²) in [4.78, 5) is 4.16. The van der Waals surface area contributed by atoms with Crippen LogP contribution in [-0.4, -0.2) is 16.1 Å². The number of hydrogen-bond donors (Lipinski definition) is 1. The van der Waals surface area contributed by atoms with E-state index in [1.165, 1.54) is 12.1 Å². The highest BCUT2D eigenvalue weighted by atomic mass is 79.9. The zero-order valence-corrected chi connectivity index (χ0v) is 10.3. The summed E-state index contributed by atoms with van der Waals surface area (Å²) in [6.45, 7) is 2.75. The lowest BCUT2D eigenvalue weighted by Crippen LogP contribution is -2.05. The lowest BCUT2D eigenvalue weighted by Gasteiger charge is -2.10. The number of nitrogens with zero attached hydrogens (tertiary/aromatic N) is 2. The van der Waals surface area contributed by atoms with E-state index in [1.807, 2.05) is 6.92 Å². The molecule has 3 nitrogen and oxygen atoms in total. The molecule has 0 unspecified atom stereocenters. The van der Waals surface area contributed by atoms with E-state index in [0.29, 0.717) is 5.95 Å². The Balaban J connectivity index is 2.49. The van der Waals surface area contributed by atoms with Gasteiger partial charge in [0.05, 0.1) is 5.69 Å². The van der Waals surface area contributed by atoms with Crippen LogP contribution in [0, 0.1) is 5.82 Å². The average molecular weight is 284 g/mol. The molecule has 0 fully saturated rings. The molecule has 0 saturated carbocycles. The lowest BCUT2D eigenvalue weighted by molar-refractivity contribution is 0.626. The van der Waals surface area contributed by atoms with Crippen molar-refractivity contribution < 1.29 is 4.39 Å². The smallest absolute Gasteiger partial charge is 0.207 e. The number of rotatable bonds is 3. The summed E-state index contributed by atoms with van der Waals surface area (Å²) in [5.74, 6) is 0.433. The van der Waals surface area contributed by atoms with Crippen LogP contribution in [0.3, 0.4) is 0 Å². The van der Waals surface area contributed by atoms with Crippen LogP contribution in [0.15, 0.2) is 35.1 Å². The Morgan fingerprint density at radius 3 is 3.06 bits per heavy atom. The van der Waals surface area contributed by atoms with E-state index in [0.717, 1.165) is 16.7 Å². The van der Waals surface area contributed by atoms with E-state index in [1.54, 1.807) is 23.0 Å². The van der Waals surface area contributed by atoms with E-state index in [4.69, 9.17) is 0 Å². The second-order valence-electron chi connectivity index (χ2n) is 3.25. The third-order valence-electron chi connectivity index (χ3n) is 2.14. The van der Waals surface area contributed by atoms with Gasteiger partial charge in [0.25, 0.3) is 0 Å². The van der Waals surface area contributed by atoms with Gasteiger partial charge in [0.1, 0.15) is 5.82 Å². The van der Waals surface area contributed by atoms with Crippen LogP contribution in [-0.2, 0) is 0 Å². The summed E-state index contributed by atoms with van der Waals surface area (Å²) in [7, 11) is 0. The Morgan fingerprint density at radius 2 is 2.31 bits per heavy atom. The van der Waals surface area contributed by atoms with Gasteiger partial charge in [0, 0.05) is 23.4 Å². The van der Waals surface area contributed by atoms with Crippen molar-refractivity contribution in [1.82, 2.24) is 9.55 Å². The van der Waals surface area contributed by atoms with E-state index in [-0.39, 0.29) is 5.82 Å². The van der Waals surface area contributed by atoms with Crippen LogP contribution in [0.25, 0.3) is 5.69 Å². The third kappa shape index (κ3) is 2.09. The largest absolute Gasteiger partial charge is 0.356 e. The van der Waals surface area contributed by atoms with Crippen molar-refractivity contribution in [2.75, 3.05) is 11.9 Å². The first-order chi connectivity index (χ1) is 7.72. The molecule has 0 saturated heterocycles. The normalized spacial score (nSPS) is 10.4. The summed E-state index contributed by atoms with van der Waals surface area (Å²) >= 11 is 3.39. The summed E-state index contributed by atoms with van der Waals surface area (Å²) in [5, 5.41) is 3.11. The van der Waals surface area contributed by atoms with Crippen LogP contribution < -0.4 is 5.32 Å². The maximum absolute atomic E-state index is 13.2. The number of halogens is 2. The Hall–Kier alpha value is -1.36. The van der Waals surface area contributed by atoms with Gasteiger partial charge in [-0.05, 0) is 41.1 Å². The molecule has 2 rings (SSSR count). The average Bonchev–Trinajstić information content (AvgIpc) is 2.70. The fourth-order valence-corrected chi connectivity index (χ4v) is 1.89. The molecule has 0 atom stereocenters. The maximum Gasteiger partial charge on any atom is 0.207 e. The second-order valence-corrected chi connectivity index (χ2v) is 4.10. The highest BCUT2D eigenvalue weighted by molar-refractivity contribution is 9.10.